The minimum atomic E-state index is -3.79. The second-order valence-corrected chi connectivity index (χ2v) is 8.22. The lowest BCUT2D eigenvalue weighted by Crippen LogP contribution is -2.33. The van der Waals surface area contributed by atoms with Crippen LogP contribution in [-0.2, 0) is 16.6 Å². The van der Waals surface area contributed by atoms with E-state index in [0.717, 1.165) is 12.8 Å². The maximum absolute atomic E-state index is 13.5. The summed E-state index contributed by atoms with van der Waals surface area (Å²) in [7, 11) is -1.12. The van der Waals surface area contributed by atoms with Gasteiger partial charge in [-0.25, -0.2) is 17.5 Å². The highest BCUT2D eigenvalue weighted by atomic mass is 32.2. The zero-order chi connectivity index (χ0) is 19.6. The highest BCUT2D eigenvalue weighted by Crippen LogP contribution is 2.31. The van der Waals surface area contributed by atoms with Crippen molar-refractivity contribution in [2.24, 2.45) is 0 Å². The van der Waals surface area contributed by atoms with Crippen LogP contribution < -0.4 is 9.46 Å². The number of halogens is 1. The Balaban J connectivity index is 1.94. The van der Waals surface area contributed by atoms with Crippen molar-refractivity contribution in [1.29, 1.82) is 0 Å². The highest BCUT2D eigenvalue weighted by Gasteiger charge is 2.33. The number of sulfonamides is 1. The van der Waals surface area contributed by atoms with Crippen LogP contribution in [0.5, 0.6) is 5.75 Å². The topological polar surface area (TPSA) is 75.7 Å². The molecule has 1 saturated carbocycles. The molecule has 0 radical (unpaired) electrons. The molecule has 0 saturated heterocycles. The van der Waals surface area contributed by atoms with E-state index in [0.29, 0.717) is 5.56 Å². The van der Waals surface area contributed by atoms with Gasteiger partial charge in [0.15, 0.2) is 0 Å². The van der Waals surface area contributed by atoms with Gasteiger partial charge >= 0.3 is 0 Å². The van der Waals surface area contributed by atoms with Gasteiger partial charge in [-0.05, 0) is 55.8 Å². The molecule has 3 rings (SSSR count). The van der Waals surface area contributed by atoms with Crippen molar-refractivity contribution in [1.82, 2.24) is 9.62 Å². The van der Waals surface area contributed by atoms with E-state index in [1.54, 1.807) is 17.0 Å². The van der Waals surface area contributed by atoms with Crippen LogP contribution in [0.2, 0.25) is 0 Å². The summed E-state index contributed by atoms with van der Waals surface area (Å²) in [6.07, 6.45) is 1.75. The third kappa shape index (κ3) is 4.28. The fourth-order valence-electron chi connectivity index (χ4n) is 2.88. The van der Waals surface area contributed by atoms with Crippen molar-refractivity contribution < 1.29 is 22.3 Å². The van der Waals surface area contributed by atoms with Crippen molar-refractivity contribution >= 4 is 15.9 Å². The minimum Gasteiger partial charge on any atom is -0.495 e. The molecule has 6 nitrogen and oxygen atoms in total. The van der Waals surface area contributed by atoms with Crippen LogP contribution in [0.25, 0.3) is 0 Å². The van der Waals surface area contributed by atoms with E-state index in [4.69, 9.17) is 4.74 Å². The predicted octanol–water partition coefficient (Wildman–Crippen LogP) is 2.55. The second-order valence-electron chi connectivity index (χ2n) is 6.37. The van der Waals surface area contributed by atoms with Gasteiger partial charge in [0.05, 0.1) is 7.11 Å². The molecule has 0 aliphatic heterocycles. The summed E-state index contributed by atoms with van der Waals surface area (Å²) in [6.45, 7) is 0.265. The quantitative estimate of drug-likeness (QED) is 0.786. The number of methoxy groups -OCH3 is 1. The third-order valence-electron chi connectivity index (χ3n) is 4.46. The van der Waals surface area contributed by atoms with Gasteiger partial charge in [0.25, 0.3) is 5.91 Å². The lowest BCUT2D eigenvalue weighted by Gasteiger charge is -2.23. The fourth-order valence-corrected chi connectivity index (χ4v) is 3.80. The second kappa shape index (κ2) is 7.66. The molecular weight excluding hydrogens is 371 g/mol. The van der Waals surface area contributed by atoms with Gasteiger partial charge in [-0.1, -0.05) is 12.1 Å². The van der Waals surface area contributed by atoms with Crippen LogP contribution in [-0.4, -0.2) is 39.4 Å². The molecule has 144 valence electrons. The molecule has 2 aromatic carbocycles. The van der Waals surface area contributed by atoms with Gasteiger partial charge in [0, 0.05) is 18.2 Å². The molecule has 0 aromatic heterocycles. The van der Waals surface area contributed by atoms with Gasteiger partial charge in [0.2, 0.25) is 10.0 Å². The Hall–Kier alpha value is -2.45. The SMILES string of the molecule is CNS(=O)(=O)c1cc(C(=O)N(Cc2cccc(F)c2)C2CC2)ccc1OC. The lowest BCUT2D eigenvalue weighted by molar-refractivity contribution is 0.0729. The summed E-state index contributed by atoms with van der Waals surface area (Å²) in [5, 5.41) is 0. The number of amides is 1. The Bertz CT molecular complexity index is 958. The first-order valence-corrected chi connectivity index (χ1v) is 10.0. The van der Waals surface area contributed by atoms with Crippen LogP contribution >= 0.6 is 0 Å². The molecule has 0 atom stereocenters. The number of benzene rings is 2. The smallest absolute Gasteiger partial charge is 0.254 e. The van der Waals surface area contributed by atoms with Gasteiger partial charge in [-0.3, -0.25) is 4.79 Å². The number of carbonyl (C=O) groups excluding carboxylic acids is 1. The Morgan fingerprint density at radius 2 is 2.00 bits per heavy atom. The van der Waals surface area contributed by atoms with Crippen LogP contribution in [0.4, 0.5) is 4.39 Å². The molecule has 1 aliphatic rings. The van der Waals surface area contributed by atoms with Crippen LogP contribution in [0, 0.1) is 5.82 Å². The molecule has 27 heavy (non-hydrogen) atoms. The van der Waals surface area contributed by atoms with E-state index in [-0.39, 0.29) is 40.5 Å². The molecule has 1 N–H and O–H groups in total. The fraction of sp³-hybridized carbons (Fsp3) is 0.316. The minimum absolute atomic E-state index is 0.0761. The zero-order valence-corrected chi connectivity index (χ0v) is 15.9. The van der Waals surface area contributed by atoms with Gasteiger partial charge in [-0.15, -0.1) is 0 Å². The molecule has 1 aliphatic carbocycles. The van der Waals surface area contributed by atoms with E-state index >= 15 is 0 Å². The van der Waals surface area contributed by atoms with Gasteiger partial charge in [0.1, 0.15) is 16.5 Å². The molecule has 0 bridgehead atoms. The number of rotatable bonds is 7. The first-order chi connectivity index (χ1) is 12.9. The Kier molecular flexibility index (Phi) is 5.48. The predicted molar refractivity (Wildman–Crippen MR) is 98.5 cm³/mol. The molecule has 8 heteroatoms. The van der Waals surface area contributed by atoms with Gasteiger partial charge < -0.3 is 9.64 Å². The molecule has 2 aromatic rings. The first-order valence-electron chi connectivity index (χ1n) is 8.52. The normalized spacial score (nSPS) is 14.0. The van der Waals surface area contributed by atoms with Gasteiger partial charge in [-0.2, -0.15) is 0 Å². The van der Waals surface area contributed by atoms with E-state index in [2.05, 4.69) is 4.72 Å². The van der Waals surface area contributed by atoms with E-state index in [1.807, 2.05) is 0 Å². The number of nitrogens with one attached hydrogen (secondary N) is 1. The molecule has 0 spiro atoms. The average Bonchev–Trinajstić information content (AvgIpc) is 3.50. The number of hydrogen-bond acceptors (Lipinski definition) is 4. The maximum Gasteiger partial charge on any atom is 0.254 e. The lowest BCUT2D eigenvalue weighted by atomic mass is 10.1. The standard InChI is InChI=1S/C19H21FN2O4S/c1-21-27(24,25)18-11-14(6-9-17(18)26-2)19(23)22(16-7-8-16)12-13-4-3-5-15(20)10-13/h3-6,9-11,16,21H,7-8,12H2,1-2H3. The van der Waals surface area contributed by atoms with E-state index in [1.165, 1.54) is 44.5 Å². The zero-order valence-electron chi connectivity index (χ0n) is 15.1. The monoisotopic (exact) mass is 392 g/mol. The molecule has 0 unspecified atom stereocenters. The Morgan fingerprint density at radius 3 is 2.59 bits per heavy atom. The summed E-state index contributed by atoms with van der Waals surface area (Å²) in [5.74, 6) is -0.497. The van der Waals surface area contributed by atoms with Crippen LogP contribution in [0.1, 0.15) is 28.8 Å². The largest absolute Gasteiger partial charge is 0.495 e. The molecular formula is C19H21FN2O4S. The summed E-state index contributed by atoms with van der Waals surface area (Å²) in [6, 6.07) is 10.5. The average molecular weight is 392 g/mol. The van der Waals surface area contributed by atoms with Crippen molar-refractivity contribution in [2.75, 3.05) is 14.2 Å². The summed E-state index contributed by atoms with van der Waals surface area (Å²) in [4.78, 5) is 14.6. The first kappa shape index (κ1) is 19.3. The third-order valence-corrected chi connectivity index (χ3v) is 5.89. The molecule has 0 heterocycles. The van der Waals surface area contributed by atoms with E-state index < -0.39 is 10.0 Å². The van der Waals surface area contributed by atoms with E-state index in [9.17, 15) is 17.6 Å². The van der Waals surface area contributed by atoms with Crippen molar-refractivity contribution in [3.8, 4) is 5.75 Å². The van der Waals surface area contributed by atoms with Crippen LogP contribution in [0.15, 0.2) is 47.4 Å². The maximum atomic E-state index is 13.5. The van der Waals surface area contributed by atoms with Crippen LogP contribution in [0.3, 0.4) is 0 Å². The summed E-state index contributed by atoms with van der Waals surface area (Å²) in [5.41, 5.74) is 0.930. The Labute approximate surface area is 158 Å². The van der Waals surface area contributed by atoms with Crippen molar-refractivity contribution in [3.05, 3.63) is 59.4 Å². The summed E-state index contributed by atoms with van der Waals surface area (Å²) >= 11 is 0. The Morgan fingerprint density at radius 1 is 1.26 bits per heavy atom. The number of ether oxygens (including phenoxy) is 1. The van der Waals surface area contributed by atoms with Crippen molar-refractivity contribution in [3.63, 3.8) is 0 Å². The molecule has 1 fully saturated rings. The number of carbonyl (C=O) groups is 1. The van der Waals surface area contributed by atoms with Crippen molar-refractivity contribution in [2.45, 2.75) is 30.3 Å². The highest BCUT2D eigenvalue weighted by molar-refractivity contribution is 7.89. The summed E-state index contributed by atoms with van der Waals surface area (Å²) < 4.78 is 45.3. The number of nitrogens with zero attached hydrogens (tertiary/aromatic N) is 1. The number of hydrogen-bond donors (Lipinski definition) is 1. The molecule has 1 amide bonds.